The highest BCUT2D eigenvalue weighted by molar-refractivity contribution is 6.22. The highest BCUT2D eigenvalue weighted by Gasteiger charge is 2.42. The Morgan fingerprint density at radius 3 is 2.21 bits per heavy atom. The molecule has 0 radical (unpaired) electrons. The average molecular weight is 332 g/mol. The van der Waals surface area contributed by atoms with Crippen molar-refractivity contribution < 1.29 is 24.4 Å². The van der Waals surface area contributed by atoms with Gasteiger partial charge in [0.15, 0.2) is 0 Å². The molecular weight excluding hydrogens is 310 g/mol. The van der Waals surface area contributed by atoms with Gasteiger partial charge in [0.1, 0.15) is 12.6 Å². The summed E-state index contributed by atoms with van der Waals surface area (Å²) in [5, 5.41) is 8.99. The van der Waals surface area contributed by atoms with E-state index < -0.39 is 17.9 Å². The number of quaternary nitrogens is 1. The van der Waals surface area contributed by atoms with E-state index >= 15 is 0 Å². The monoisotopic (exact) mass is 332 g/mol. The molecule has 0 aliphatic carbocycles. The molecule has 3 rings (SSSR count). The first-order valence-corrected chi connectivity index (χ1v) is 8.24. The van der Waals surface area contributed by atoms with E-state index in [1.807, 2.05) is 0 Å². The van der Waals surface area contributed by atoms with Crippen LogP contribution in [0.3, 0.4) is 0 Å². The van der Waals surface area contributed by atoms with Crippen molar-refractivity contribution in [3.63, 3.8) is 0 Å². The van der Waals surface area contributed by atoms with Gasteiger partial charge in [-0.05, 0) is 19.1 Å². The van der Waals surface area contributed by atoms with Gasteiger partial charge in [-0.1, -0.05) is 12.1 Å². The van der Waals surface area contributed by atoms with Crippen molar-refractivity contribution in [2.45, 2.75) is 13.0 Å². The van der Waals surface area contributed by atoms with Gasteiger partial charge in [-0.15, -0.1) is 0 Å². The molecule has 2 aliphatic rings. The van der Waals surface area contributed by atoms with Gasteiger partial charge >= 0.3 is 0 Å². The summed E-state index contributed by atoms with van der Waals surface area (Å²) in [5.41, 5.74) is 0.721. The van der Waals surface area contributed by atoms with Crippen LogP contribution in [-0.2, 0) is 4.79 Å². The van der Waals surface area contributed by atoms with Crippen molar-refractivity contribution in [1.29, 1.82) is 0 Å². The van der Waals surface area contributed by atoms with Crippen LogP contribution in [0, 0.1) is 0 Å². The van der Waals surface area contributed by atoms with E-state index in [4.69, 9.17) is 5.11 Å². The third kappa shape index (κ3) is 2.81. The molecule has 2 heterocycles. The van der Waals surface area contributed by atoms with Crippen molar-refractivity contribution in [3.05, 3.63) is 35.4 Å². The highest BCUT2D eigenvalue weighted by Crippen LogP contribution is 2.25. The molecule has 0 bridgehead atoms. The van der Waals surface area contributed by atoms with Gasteiger partial charge < -0.3 is 14.9 Å². The van der Waals surface area contributed by atoms with E-state index in [2.05, 4.69) is 0 Å². The molecule has 0 unspecified atom stereocenters. The topological polar surface area (TPSA) is 82.4 Å². The van der Waals surface area contributed by atoms with Gasteiger partial charge in [-0.3, -0.25) is 19.3 Å². The molecular formula is C17H22N3O4+. The van der Waals surface area contributed by atoms with E-state index in [1.54, 1.807) is 36.1 Å². The molecule has 0 saturated carbocycles. The van der Waals surface area contributed by atoms with Gasteiger partial charge in [-0.2, -0.15) is 0 Å². The quantitative estimate of drug-likeness (QED) is 0.650. The van der Waals surface area contributed by atoms with E-state index in [0.29, 0.717) is 30.8 Å². The number of rotatable bonds is 4. The fraction of sp³-hybridized carbons (Fsp3) is 0.471. The molecule has 1 saturated heterocycles. The summed E-state index contributed by atoms with van der Waals surface area (Å²) in [6.07, 6.45) is 0. The molecule has 2 N–H and O–H groups in total. The summed E-state index contributed by atoms with van der Waals surface area (Å²) in [6, 6.07) is 5.84. The van der Waals surface area contributed by atoms with E-state index in [0.717, 1.165) is 18.0 Å². The number of hydrogen-bond acceptors (Lipinski definition) is 4. The minimum absolute atomic E-state index is 0.134. The zero-order valence-electron chi connectivity index (χ0n) is 13.7. The second-order valence-corrected chi connectivity index (χ2v) is 6.25. The zero-order chi connectivity index (χ0) is 17.3. The van der Waals surface area contributed by atoms with Crippen molar-refractivity contribution in [2.75, 3.05) is 39.3 Å². The van der Waals surface area contributed by atoms with Crippen molar-refractivity contribution in [1.82, 2.24) is 9.80 Å². The van der Waals surface area contributed by atoms with E-state index in [-0.39, 0.29) is 12.5 Å². The van der Waals surface area contributed by atoms with Crippen LogP contribution < -0.4 is 4.90 Å². The Kier molecular flexibility index (Phi) is 4.64. The van der Waals surface area contributed by atoms with Crippen molar-refractivity contribution in [3.8, 4) is 0 Å². The average Bonchev–Trinajstić information content (AvgIpc) is 2.86. The summed E-state index contributed by atoms with van der Waals surface area (Å²) in [4.78, 5) is 41.7. The number of nitrogens with one attached hydrogen (secondary N) is 1. The molecule has 1 aromatic rings. The molecule has 128 valence electrons. The first-order chi connectivity index (χ1) is 11.5. The molecule has 7 heteroatoms. The summed E-state index contributed by atoms with van der Waals surface area (Å²) in [7, 11) is 0. The largest absolute Gasteiger partial charge is 0.391 e. The number of fused-ring (bicyclic) bond motifs is 1. The molecule has 7 nitrogen and oxygen atoms in total. The first-order valence-electron chi connectivity index (χ1n) is 8.24. The minimum Gasteiger partial charge on any atom is -0.391 e. The smallest absolute Gasteiger partial charge is 0.262 e. The Hall–Kier alpha value is -2.25. The molecule has 2 aliphatic heterocycles. The van der Waals surface area contributed by atoms with Gasteiger partial charge in [0, 0.05) is 0 Å². The number of carbonyl (C=O) groups excluding carboxylic acids is 3. The molecule has 24 heavy (non-hydrogen) atoms. The minimum atomic E-state index is -0.809. The Labute approximate surface area is 140 Å². The molecule has 1 atom stereocenters. The Morgan fingerprint density at radius 1 is 1.17 bits per heavy atom. The Bertz CT molecular complexity index is 633. The lowest BCUT2D eigenvalue weighted by atomic mass is 10.1. The number of aliphatic hydroxyl groups excluding tert-OH is 1. The van der Waals surface area contributed by atoms with Crippen LogP contribution in [0.4, 0.5) is 0 Å². The van der Waals surface area contributed by atoms with Crippen LogP contribution in [0.15, 0.2) is 24.3 Å². The van der Waals surface area contributed by atoms with E-state index in [1.165, 1.54) is 4.90 Å². The number of imide groups is 1. The number of nitrogens with zero attached hydrogens (tertiary/aromatic N) is 2. The van der Waals surface area contributed by atoms with Crippen molar-refractivity contribution in [2.24, 2.45) is 0 Å². The fourth-order valence-electron chi connectivity index (χ4n) is 3.39. The summed E-state index contributed by atoms with van der Waals surface area (Å²) in [6.45, 7) is 5.09. The number of aliphatic hydroxyl groups is 1. The van der Waals surface area contributed by atoms with Crippen molar-refractivity contribution >= 4 is 17.7 Å². The standard InChI is InChI=1S/C17H21N3O4/c1-12(15(22)19-8-6-18(7-9-19)10-11-21)20-16(23)13-4-2-3-5-14(13)17(20)24/h2-5,12,21H,6-11H2,1H3/p+1/t12-/m0/s1. The molecule has 1 fully saturated rings. The first kappa shape index (κ1) is 16.6. The summed E-state index contributed by atoms with van der Waals surface area (Å²) < 4.78 is 0. The predicted octanol–water partition coefficient (Wildman–Crippen LogP) is -1.61. The third-order valence-corrected chi connectivity index (χ3v) is 4.82. The normalized spacial score (nSPS) is 19.6. The Balaban J connectivity index is 1.69. The number of piperazine rings is 1. The number of hydrogen-bond donors (Lipinski definition) is 2. The maximum absolute atomic E-state index is 12.7. The van der Waals surface area contributed by atoms with Crippen LogP contribution in [0.5, 0.6) is 0 Å². The molecule has 3 amide bonds. The van der Waals surface area contributed by atoms with Gasteiger partial charge in [-0.25, -0.2) is 0 Å². The Morgan fingerprint density at radius 2 is 1.71 bits per heavy atom. The number of benzene rings is 1. The maximum Gasteiger partial charge on any atom is 0.262 e. The lowest BCUT2D eigenvalue weighted by Gasteiger charge is -2.34. The fourth-order valence-corrected chi connectivity index (χ4v) is 3.39. The summed E-state index contributed by atoms with van der Waals surface area (Å²) >= 11 is 0. The molecule has 0 aromatic heterocycles. The van der Waals surface area contributed by atoms with Gasteiger partial charge in [0.05, 0.1) is 43.9 Å². The van der Waals surface area contributed by atoms with Crippen LogP contribution in [-0.4, -0.2) is 78.0 Å². The van der Waals surface area contributed by atoms with Crippen LogP contribution in [0.1, 0.15) is 27.6 Å². The van der Waals surface area contributed by atoms with Gasteiger partial charge in [0.2, 0.25) is 5.91 Å². The second-order valence-electron chi connectivity index (χ2n) is 6.25. The van der Waals surface area contributed by atoms with E-state index in [9.17, 15) is 14.4 Å². The predicted molar refractivity (Wildman–Crippen MR) is 85.6 cm³/mol. The number of carbonyl (C=O) groups is 3. The van der Waals surface area contributed by atoms with Crippen LogP contribution in [0.2, 0.25) is 0 Å². The third-order valence-electron chi connectivity index (χ3n) is 4.82. The SMILES string of the molecule is C[C@@H](C(=O)N1CC[NH+](CCO)CC1)N1C(=O)c2ccccc2C1=O. The highest BCUT2D eigenvalue weighted by atomic mass is 16.3. The van der Waals surface area contributed by atoms with Crippen LogP contribution >= 0.6 is 0 Å². The molecule has 1 aromatic carbocycles. The molecule has 0 spiro atoms. The maximum atomic E-state index is 12.7. The summed E-state index contributed by atoms with van der Waals surface area (Å²) in [5.74, 6) is -1.01. The zero-order valence-corrected chi connectivity index (χ0v) is 13.7. The number of amides is 3. The lowest BCUT2D eigenvalue weighted by molar-refractivity contribution is -0.904. The second kappa shape index (κ2) is 6.70. The van der Waals surface area contributed by atoms with Gasteiger partial charge in [0.25, 0.3) is 11.8 Å². The lowest BCUT2D eigenvalue weighted by Crippen LogP contribution is -3.15. The van der Waals surface area contributed by atoms with Crippen LogP contribution in [0.25, 0.3) is 0 Å².